The van der Waals surface area contributed by atoms with Gasteiger partial charge in [-0.2, -0.15) is 0 Å². The first kappa shape index (κ1) is 14.8. The standard InChI is InChI=1S/C15H16ClNO3/c1-20-9-8-17-14(7-4-12(10-18)15(17)19)11-2-5-13(16)6-3-11/h2-7,18H,8-10H2,1H3. The molecule has 0 radical (unpaired) electrons. The van der Waals surface area contributed by atoms with E-state index in [9.17, 15) is 9.90 Å². The van der Waals surface area contributed by atoms with Crippen molar-refractivity contribution >= 4 is 11.6 Å². The summed E-state index contributed by atoms with van der Waals surface area (Å²) >= 11 is 5.88. The maximum Gasteiger partial charge on any atom is 0.256 e. The minimum Gasteiger partial charge on any atom is -0.391 e. The molecule has 0 atom stereocenters. The maximum absolute atomic E-state index is 12.3. The normalized spacial score (nSPS) is 10.8. The first-order chi connectivity index (χ1) is 9.67. The van der Waals surface area contributed by atoms with Crippen LogP contribution in [-0.4, -0.2) is 23.4 Å². The van der Waals surface area contributed by atoms with E-state index in [2.05, 4.69) is 0 Å². The number of benzene rings is 1. The number of pyridine rings is 1. The molecule has 4 nitrogen and oxygen atoms in total. The Morgan fingerprint density at radius 1 is 1.20 bits per heavy atom. The van der Waals surface area contributed by atoms with Gasteiger partial charge in [0.1, 0.15) is 0 Å². The van der Waals surface area contributed by atoms with Crippen molar-refractivity contribution in [1.29, 1.82) is 0 Å². The number of hydrogen-bond donors (Lipinski definition) is 1. The van der Waals surface area contributed by atoms with Crippen LogP contribution in [0.2, 0.25) is 5.02 Å². The van der Waals surface area contributed by atoms with Crippen LogP contribution in [0.15, 0.2) is 41.2 Å². The third-order valence-corrected chi connectivity index (χ3v) is 3.33. The molecule has 0 saturated carbocycles. The van der Waals surface area contributed by atoms with E-state index in [1.165, 1.54) is 0 Å². The fraction of sp³-hybridized carbons (Fsp3) is 0.267. The van der Waals surface area contributed by atoms with Crippen LogP contribution in [0.4, 0.5) is 0 Å². The highest BCUT2D eigenvalue weighted by Crippen LogP contribution is 2.21. The predicted octanol–water partition coefficient (Wildman–Crippen LogP) is 2.31. The molecule has 0 saturated heterocycles. The maximum atomic E-state index is 12.3. The Balaban J connectivity index is 2.54. The molecule has 0 unspecified atom stereocenters. The fourth-order valence-corrected chi connectivity index (χ4v) is 2.15. The Hall–Kier alpha value is -1.62. The molecule has 1 N–H and O–H groups in total. The Kier molecular flexibility index (Phi) is 4.95. The fourth-order valence-electron chi connectivity index (χ4n) is 2.02. The molecule has 2 rings (SSSR count). The van der Waals surface area contributed by atoms with Gasteiger partial charge in [0.05, 0.1) is 18.9 Å². The molecule has 5 heteroatoms. The highest BCUT2D eigenvalue weighted by atomic mass is 35.5. The lowest BCUT2D eigenvalue weighted by Crippen LogP contribution is -2.26. The van der Waals surface area contributed by atoms with E-state index in [1.54, 1.807) is 29.9 Å². The van der Waals surface area contributed by atoms with Crippen molar-refractivity contribution in [3.05, 3.63) is 57.3 Å². The Morgan fingerprint density at radius 3 is 2.50 bits per heavy atom. The van der Waals surface area contributed by atoms with Crippen LogP contribution in [0.1, 0.15) is 5.56 Å². The Morgan fingerprint density at radius 2 is 1.90 bits per heavy atom. The smallest absolute Gasteiger partial charge is 0.256 e. The second-order valence-corrected chi connectivity index (χ2v) is 4.79. The minimum atomic E-state index is -0.271. The average molecular weight is 294 g/mol. The van der Waals surface area contributed by atoms with E-state index in [4.69, 9.17) is 16.3 Å². The van der Waals surface area contributed by atoms with Gasteiger partial charge in [-0.15, -0.1) is 0 Å². The van der Waals surface area contributed by atoms with Gasteiger partial charge < -0.3 is 14.4 Å². The number of rotatable bonds is 5. The average Bonchev–Trinajstić information content (AvgIpc) is 2.47. The molecular weight excluding hydrogens is 278 g/mol. The van der Waals surface area contributed by atoms with Crippen molar-refractivity contribution in [3.8, 4) is 11.3 Å². The SMILES string of the molecule is COCCn1c(-c2ccc(Cl)cc2)ccc(CO)c1=O. The number of hydrogen-bond acceptors (Lipinski definition) is 3. The minimum absolute atomic E-state index is 0.197. The molecule has 2 aromatic rings. The van der Waals surface area contributed by atoms with Crippen molar-refractivity contribution in [2.75, 3.05) is 13.7 Å². The second-order valence-electron chi connectivity index (χ2n) is 4.36. The number of methoxy groups -OCH3 is 1. The van der Waals surface area contributed by atoms with Gasteiger partial charge in [-0.25, -0.2) is 0 Å². The lowest BCUT2D eigenvalue weighted by atomic mass is 10.1. The van der Waals surface area contributed by atoms with Gasteiger partial charge in [-0.3, -0.25) is 4.79 Å². The van der Waals surface area contributed by atoms with E-state index in [-0.39, 0.29) is 12.2 Å². The molecule has 0 aliphatic heterocycles. The van der Waals surface area contributed by atoms with E-state index < -0.39 is 0 Å². The summed E-state index contributed by atoms with van der Waals surface area (Å²) in [5.41, 5.74) is 1.85. The predicted molar refractivity (Wildman–Crippen MR) is 78.9 cm³/mol. The molecule has 1 aromatic heterocycles. The van der Waals surface area contributed by atoms with Crippen LogP contribution in [0.3, 0.4) is 0 Å². The number of aromatic nitrogens is 1. The van der Waals surface area contributed by atoms with E-state index in [0.717, 1.165) is 11.3 Å². The van der Waals surface area contributed by atoms with Gasteiger partial charge >= 0.3 is 0 Å². The van der Waals surface area contributed by atoms with Gasteiger partial charge in [0.2, 0.25) is 0 Å². The molecule has 0 fully saturated rings. The molecule has 0 amide bonds. The second kappa shape index (κ2) is 6.70. The van der Waals surface area contributed by atoms with Crippen molar-refractivity contribution in [1.82, 2.24) is 4.57 Å². The van der Waals surface area contributed by atoms with Crippen LogP contribution in [-0.2, 0) is 17.9 Å². The van der Waals surface area contributed by atoms with E-state index >= 15 is 0 Å². The summed E-state index contributed by atoms with van der Waals surface area (Å²) in [6.45, 7) is 0.587. The quantitative estimate of drug-likeness (QED) is 0.920. The topological polar surface area (TPSA) is 51.5 Å². The van der Waals surface area contributed by atoms with Gasteiger partial charge in [0.15, 0.2) is 0 Å². The lowest BCUT2D eigenvalue weighted by Gasteiger charge is -2.14. The van der Waals surface area contributed by atoms with Crippen molar-refractivity contribution in [3.63, 3.8) is 0 Å². The van der Waals surface area contributed by atoms with Crippen molar-refractivity contribution in [2.24, 2.45) is 0 Å². The molecule has 20 heavy (non-hydrogen) atoms. The van der Waals surface area contributed by atoms with Crippen molar-refractivity contribution in [2.45, 2.75) is 13.2 Å². The summed E-state index contributed by atoms with van der Waals surface area (Å²) in [7, 11) is 1.59. The third-order valence-electron chi connectivity index (χ3n) is 3.08. The van der Waals surface area contributed by atoms with Gasteiger partial charge in [0.25, 0.3) is 5.56 Å². The van der Waals surface area contributed by atoms with Crippen LogP contribution >= 0.6 is 11.6 Å². The first-order valence-electron chi connectivity index (χ1n) is 6.26. The summed E-state index contributed by atoms with van der Waals surface area (Å²) in [5, 5.41) is 9.85. The largest absolute Gasteiger partial charge is 0.391 e. The lowest BCUT2D eigenvalue weighted by molar-refractivity contribution is 0.186. The molecule has 0 aliphatic carbocycles. The van der Waals surface area contributed by atoms with Crippen LogP contribution in [0.25, 0.3) is 11.3 Å². The highest BCUT2D eigenvalue weighted by molar-refractivity contribution is 6.30. The van der Waals surface area contributed by atoms with Crippen LogP contribution < -0.4 is 5.56 Å². The van der Waals surface area contributed by atoms with E-state index in [0.29, 0.717) is 23.7 Å². The third kappa shape index (κ3) is 3.10. The Bertz CT molecular complexity index is 635. The molecule has 0 bridgehead atoms. The monoisotopic (exact) mass is 293 g/mol. The zero-order chi connectivity index (χ0) is 14.5. The summed E-state index contributed by atoms with van der Waals surface area (Å²) in [4.78, 5) is 12.3. The molecule has 1 aromatic carbocycles. The van der Waals surface area contributed by atoms with Gasteiger partial charge in [-0.1, -0.05) is 23.7 Å². The molecular formula is C15H16ClNO3. The molecule has 0 aliphatic rings. The zero-order valence-electron chi connectivity index (χ0n) is 11.2. The van der Waals surface area contributed by atoms with Crippen LogP contribution in [0.5, 0.6) is 0 Å². The number of aliphatic hydroxyl groups is 1. The number of nitrogens with zero attached hydrogens (tertiary/aromatic N) is 1. The number of halogens is 1. The molecule has 0 spiro atoms. The number of aliphatic hydroxyl groups excluding tert-OH is 1. The molecule has 1 heterocycles. The summed E-state index contributed by atoms with van der Waals surface area (Å²) in [6, 6.07) is 10.8. The Labute approximate surface area is 122 Å². The zero-order valence-corrected chi connectivity index (χ0v) is 11.9. The van der Waals surface area contributed by atoms with Gasteiger partial charge in [0, 0.05) is 24.2 Å². The van der Waals surface area contributed by atoms with Crippen LogP contribution in [0, 0.1) is 0 Å². The van der Waals surface area contributed by atoms with Crippen molar-refractivity contribution < 1.29 is 9.84 Å². The summed E-state index contributed by atoms with van der Waals surface area (Å²) in [6.07, 6.45) is 0. The first-order valence-corrected chi connectivity index (χ1v) is 6.63. The van der Waals surface area contributed by atoms with E-state index in [1.807, 2.05) is 18.2 Å². The molecule has 106 valence electrons. The highest BCUT2D eigenvalue weighted by Gasteiger charge is 2.10. The number of ether oxygens (including phenoxy) is 1. The van der Waals surface area contributed by atoms with Gasteiger partial charge in [-0.05, 0) is 29.8 Å². The summed E-state index contributed by atoms with van der Waals surface area (Å²) < 4.78 is 6.65. The summed E-state index contributed by atoms with van der Waals surface area (Å²) in [5.74, 6) is 0.